The van der Waals surface area contributed by atoms with Crippen LogP contribution < -0.4 is 5.32 Å². The van der Waals surface area contributed by atoms with Crippen LogP contribution in [0.1, 0.15) is 32.0 Å². The van der Waals surface area contributed by atoms with Gasteiger partial charge >= 0.3 is 0 Å². The molecule has 6 heteroatoms. The van der Waals surface area contributed by atoms with Crippen molar-refractivity contribution in [3.05, 3.63) is 89.4 Å². The minimum atomic E-state index is -0.191. The number of carbonyl (C=O) groups is 2. The van der Waals surface area contributed by atoms with Gasteiger partial charge in [0.25, 0.3) is 5.91 Å². The number of hydrogen-bond donors (Lipinski definition) is 2. The number of carbonyl (C=O) groups excluding carboxylic acids is 2. The molecule has 0 radical (unpaired) electrons. The summed E-state index contributed by atoms with van der Waals surface area (Å²) in [6.07, 6.45) is 7.79. The van der Waals surface area contributed by atoms with Crippen molar-refractivity contribution in [3.8, 4) is 0 Å². The Kier molecular flexibility index (Phi) is 4.76. The number of fused-ring (bicyclic) bond motifs is 1. The van der Waals surface area contributed by atoms with Gasteiger partial charge in [0.2, 0.25) is 0 Å². The van der Waals surface area contributed by atoms with E-state index in [0.717, 1.165) is 28.4 Å². The summed E-state index contributed by atoms with van der Waals surface area (Å²) < 4.78 is 0. The summed E-state index contributed by atoms with van der Waals surface area (Å²) in [5.41, 5.74) is 4.10. The lowest BCUT2D eigenvalue weighted by molar-refractivity contribution is 0.102. The number of rotatable bonds is 5. The van der Waals surface area contributed by atoms with Gasteiger partial charge < -0.3 is 5.32 Å². The van der Waals surface area contributed by atoms with E-state index >= 15 is 0 Å². The first-order valence-corrected chi connectivity index (χ1v) is 8.66. The molecule has 0 atom stereocenters. The Bertz CT molecular complexity index is 1180. The Balaban J connectivity index is 1.62. The van der Waals surface area contributed by atoms with E-state index in [2.05, 4.69) is 20.5 Å². The summed E-state index contributed by atoms with van der Waals surface area (Å²) in [5.74, 6) is -0.191. The van der Waals surface area contributed by atoms with E-state index in [9.17, 15) is 9.59 Å². The van der Waals surface area contributed by atoms with Crippen molar-refractivity contribution in [3.63, 3.8) is 0 Å². The van der Waals surface area contributed by atoms with Gasteiger partial charge in [-0.1, -0.05) is 18.2 Å². The van der Waals surface area contributed by atoms with Crippen LogP contribution in [-0.2, 0) is 0 Å². The van der Waals surface area contributed by atoms with E-state index in [1.54, 1.807) is 48.8 Å². The van der Waals surface area contributed by atoms with Crippen molar-refractivity contribution in [2.24, 2.45) is 0 Å². The first-order valence-electron chi connectivity index (χ1n) is 8.66. The molecule has 0 aliphatic rings. The molecular weight excluding hydrogens is 352 g/mol. The molecule has 0 fully saturated rings. The summed E-state index contributed by atoms with van der Waals surface area (Å²) in [5, 5.41) is 11.0. The number of nitrogens with one attached hydrogen (secondary N) is 2. The second-order valence-corrected chi connectivity index (χ2v) is 6.15. The average molecular weight is 368 g/mol. The van der Waals surface area contributed by atoms with Gasteiger partial charge in [-0.05, 0) is 48.6 Å². The normalized spacial score (nSPS) is 11.0. The van der Waals surface area contributed by atoms with Crippen LogP contribution >= 0.6 is 0 Å². The van der Waals surface area contributed by atoms with Gasteiger partial charge in [0, 0.05) is 34.5 Å². The van der Waals surface area contributed by atoms with Gasteiger partial charge in [-0.15, -0.1) is 0 Å². The summed E-state index contributed by atoms with van der Waals surface area (Å²) in [7, 11) is 0. The fourth-order valence-electron chi connectivity index (χ4n) is 2.86. The standard InChI is InChI=1S/C22H16N4O2/c27-14-15-6-8-20-18(12-15)21(26-25-20)9-7-17-13-23-11-10-19(17)24-22(28)16-4-2-1-3-5-16/h1-14H,(H,25,26)(H,23,24,28). The lowest BCUT2D eigenvalue weighted by Crippen LogP contribution is -2.12. The highest BCUT2D eigenvalue weighted by Gasteiger charge is 2.08. The Morgan fingerprint density at radius 3 is 2.71 bits per heavy atom. The summed E-state index contributed by atoms with van der Waals surface area (Å²) in [6.45, 7) is 0. The van der Waals surface area contributed by atoms with Crippen LogP contribution in [0.15, 0.2) is 67.0 Å². The number of H-pyrrole nitrogens is 1. The first-order chi connectivity index (χ1) is 13.7. The summed E-state index contributed by atoms with van der Waals surface area (Å²) >= 11 is 0. The van der Waals surface area contributed by atoms with Crippen molar-refractivity contribution in [1.82, 2.24) is 15.2 Å². The number of aldehydes is 1. The van der Waals surface area contributed by atoms with Crippen molar-refractivity contribution in [1.29, 1.82) is 0 Å². The Labute approximate surface area is 160 Å². The summed E-state index contributed by atoms with van der Waals surface area (Å²) in [6, 6.07) is 16.1. The maximum Gasteiger partial charge on any atom is 0.255 e. The fourth-order valence-corrected chi connectivity index (χ4v) is 2.86. The zero-order valence-corrected chi connectivity index (χ0v) is 14.8. The zero-order chi connectivity index (χ0) is 19.3. The topological polar surface area (TPSA) is 87.7 Å². The maximum atomic E-state index is 12.4. The second kappa shape index (κ2) is 7.67. The highest BCUT2D eigenvalue weighted by Crippen LogP contribution is 2.22. The monoisotopic (exact) mass is 368 g/mol. The van der Waals surface area contributed by atoms with Crippen LogP contribution in [0.4, 0.5) is 5.69 Å². The lowest BCUT2D eigenvalue weighted by Gasteiger charge is -2.08. The number of nitrogens with zero attached hydrogens (tertiary/aromatic N) is 2. The van der Waals surface area contributed by atoms with Gasteiger partial charge in [-0.2, -0.15) is 5.10 Å². The van der Waals surface area contributed by atoms with Gasteiger partial charge in [0.1, 0.15) is 6.29 Å². The zero-order valence-electron chi connectivity index (χ0n) is 14.8. The van der Waals surface area contributed by atoms with Crippen molar-refractivity contribution >= 4 is 40.9 Å². The summed E-state index contributed by atoms with van der Waals surface area (Å²) in [4.78, 5) is 27.6. The molecule has 0 saturated heterocycles. The molecule has 0 aliphatic heterocycles. The lowest BCUT2D eigenvalue weighted by atomic mass is 10.1. The molecule has 0 aliphatic carbocycles. The molecule has 2 heterocycles. The minimum absolute atomic E-state index is 0.191. The van der Waals surface area contributed by atoms with Gasteiger partial charge in [-0.3, -0.25) is 19.7 Å². The molecule has 4 aromatic rings. The minimum Gasteiger partial charge on any atom is -0.321 e. The third-order valence-electron chi connectivity index (χ3n) is 4.31. The molecule has 2 aromatic heterocycles. The van der Waals surface area contributed by atoms with Crippen LogP contribution in [0.5, 0.6) is 0 Å². The molecule has 2 N–H and O–H groups in total. The van der Waals surface area contributed by atoms with E-state index in [1.165, 1.54) is 0 Å². The number of benzene rings is 2. The van der Waals surface area contributed by atoms with Crippen LogP contribution in [0, 0.1) is 0 Å². The largest absolute Gasteiger partial charge is 0.321 e. The Morgan fingerprint density at radius 1 is 1.04 bits per heavy atom. The van der Waals surface area contributed by atoms with Gasteiger partial charge in [-0.25, -0.2) is 0 Å². The second-order valence-electron chi connectivity index (χ2n) is 6.15. The van der Waals surface area contributed by atoms with E-state index in [4.69, 9.17) is 0 Å². The van der Waals surface area contributed by atoms with Crippen molar-refractivity contribution in [2.45, 2.75) is 0 Å². The smallest absolute Gasteiger partial charge is 0.255 e. The van der Waals surface area contributed by atoms with Crippen LogP contribution in [0.2, 0.25) is 0 Å². The predicted octanol–water partition coefficient (Wildman–Crippen LogP) is 4.19. The number of aromatic nitrogens is 3. The highest BCUT2D eigenvalue weighted by molar-refractivity contribution is 6.05. The fraction of sp³-hybridized carbons (Fsp3) is 0. The molecule has 4 rings (SSSR count). The SMILES string of the molecule is O=Cc1ccc2n[nH]c(C=Cc3cnccc3NC(=O)c3ccccc3)c2c1. The Morgan fingerprint density at radius 2 is 1.89 bits per heavy atom. The van der Waals surface area contributed by atoms with Crippen molar-refractivity contribution < 1.29 is 9.59 Å². The van der Waals surface area contributed by atoms with E-state index in [-0.39, 0.29) is 5.91 Å². The molecule has 28 heavy (non-hydrogen) atoms. The molecule has 0 spiro atoms. The average Bonchev–Trinajstić information content (AvgIpc) is 3.15. The van der Waals surface area contributed by atoms with Gasteiger partial charge in [0.05, 0.1) is 16.9 Å². The third-order valence-corrected chi connectivity index (χ3v) is 4.31. The molecule has 6 nitrogen and oxygen atoms in total. The van der Waals surface area contributed by atoms with E-state index < -0.39 is 0 Å². The molecule has 1 amide bonds. The Hall–Kier alpha value is -4.06. The number of aromatic amines is 1. The van der Waals surface area contributed by atoms with Gasteiger partial charge in [0.15, 0.2) is 0 Å². The van der Waals surface area contributed by atoms with E-state index in [0.29, 0.717) is 16.8 Å². The number of amides is 1. The van der Waals surface area contributed by atoms with Crippen LogP contribution in [0.3, 0.4) is 0 Å². The molecule has 136 valence electrons. The van der Waals surface area contributed by atoms with Crippen LogP contribution in [-0.4, -0.2) is 27.4 Å². The number of hydrogen-bond acceptors (Lipinski definition) is 4. The molecular formula is C22H16N4O2. The molecule has 2 aromatic carbocycles. The maximum absolute atomic E-state index is 12.4. The highest BCUT2D eigenvalue weighted by atomic mass is 16.1. The molecule has 0 saturated carbocycles. The van der Waals surface area contributed by atoms with E-state index in [1.807, 2.05) is 30.4 Å². The number of anilines is 1. The third kappa shape index (κ3) is 3.57. The quantitative estimate of drug-likeness (QED) is 0.517. The first kappa shape index (κ1) is 17.4. The molecule has 0 unspecified atom stereocenters. The predicted molar refractivity (Wildman–Crippen MR) is 109 cm³/mol. The van der Waals surface area contributed by atoms with Crippen molar-refractivity contribution in [2.75, 3.05) is 5.32 Å². The molecule has 0 bridgehead atoms. The number of pyridine rings is 1. The van der Waals surface area contributed by atoms with Crippen LogP contribution in [0.25, 0.3) is 23.1 Å².